The van der Waals surface area contributed by atoms with Gasteiger partial charge in [-0.2, -0.15) is 0 Å². The highest BCUT2D eigenvalue weighted by Gasteiger charge is 2.02. The Morgan fingerprint density at radius 3 is 3.00 bits per heavy atom. The van der Waals surface area contributed by atoms with Crippen LogP contribution in [0.5, 0.6) is 0 Å². The van der Waals surface area contributed by atoms with Gasteiger partial charge in [0.25, 0.3) is 0 Å². The number of rotatable bonds is 2. The number of hydrogen-bond donors (Lipinski definition) is 1. The zero-order valence-electron chi connectivity index (χ0n) is 5.48. The highest BCUT2D eigenvalue weighted by atomic mass is 16.4. The van der Waals surface area contributed by atoms with Crippen LogP contribution in [-0.2, 0) is 18.3 Å². The highest BCUT2D eigenvalue weighted by molar-refractivity contribution is 5.69. The maximum absolute atomic E-state index is 10.1. The molecular formula is C5H7N3O2. The van der Waals surface area contributed by atoms with Gasteiger partial charge in [0.2, 0.25) is 0 Å². The molecule has 1 aromatic rings. The second-order valence-electron chi connectivity index (χ2n) is 1.95. The molecule has 0 amide bonds. The summed E-state index contributed by atoms with van der Waals surface area (Å²) in [5, 5.41) is 15.5. The zero-order valence-corrected chi connectivity index (χ0v) is 5.48. The minimum absolute atomic E-state index is 0.0617. The van der Waals surface area contributed by atoms with Crippen LogP contribution in [-0.4, -0.2) is 26.1 Å². The Bertz CT molecular complexity index is 243. The minimum Gasteiger partial charge on any atom is -0.481 e. The summed E-state index contributed by atoms with van der Waals surface area (Å²) in [7, 11) is 1.69. The summed E-state index contributed by atoms with van der Waals surface area (Å²) in [5.41, 5.74) is 0.481. The molecule has 0 saturated carbocycles. The number of carbonyl (C=O) groups is 1. The number of aromatic nitrogens is 3. The first-order valence-corrected chi connectivity index (χ1v) is 2.75. The van der Waals surface area contributed by atoms with Crippen molar-refractivity contribution in [2.24, 2.45) is 7.05 Å². The van der Waals surface area contributed by atoms with E-state index in [-0.39, 0.29) is 6.42 Å². The third-order valence-electron chi connectivity index (χ3n) is 0.982. The molecule has 1 rings (SSSR count). The lowest BCUT2D eigenvalue weighted by Gasteiger charge is -1.83. The third kappa shape index (κ3) is 1.54. The molecule has 10 heavy (non-hydrogen) atoms. The van der Waals surface area contributed by atoms with E-state index >= 15 is 0 Å². The second-order valence-corrected chi connectivity index (χ2v) is 1.95. The van der Waals surface area contributed by atoms with E-state index in [2.05, 4.69) is 10.3 Å². The van der Waals surface area contributed by atoms with E-state index in [1.807, 2.05) is 0 Å². The number of carboxylic acids is 1. The van der Waals surface area contributed by atoms with Crippen molar-refractivity contribution < 1.29 is 9.90 Å². The van der Waals surface area contributed by atoms with E-state index in [0.29, 0.717) is 5.69 Å². The van der Waals surface area contributed by atoms with Crippen molar-refractivity contribution in [3.63, 3.8) is 0 Å². The van der Waals surface area contributed by atoms with E-state index in [0.717, 1.165) is 0 Å². The molecule has 0 spiro atoms. The average molecular weight is 141 g/mol. The van der Waals surface area contributed by atoms with Gasteiger partial charge in [-0.05, 0) is 0 Å². The van der Waals surface area contributed by atoms with Crippen LogP contribution in [0.3, 0.4) is 0 Å². The fourth-order valence-corrected chi connectivity index (χ4v) is 0.631. The lowest BCUT2D eigenvalue weighted by Crippen LogP contribution is -1.99. The van der Waals surface area contributed by atoms with Crippen molar-refractivity contribution >= 4 is 5.97 Å². The van der Waals surface area contributed by atoms with E-state index in [1.165, 1.54) is 4.68 Å². The van der Waals surface area contributed by atoms with Gasteiger partial charge in [0.1, 0.15) is 0 Å². The largest absolute Gasteiger partial charge is 0.481 e. The second kappa shape index (κ2) is 2.47. The standard InChI is InChI=1S/C5H7N3O2/c1-8-3-4(6-7-8)2-5(9)10/h3H,2H2,1H3,(H,9,10). The van der Waals surface area contributed by atoms with Gasteiger partial charge in [0.05, 0.1) is 12.1 Å². The minimum atomic E-state index is -0.888. The number of nitrogens with zero attached hydrogens (tertiary/aromatic N) is 3. The van der Waals surface area contributed by atoms with E-state index in [4.69, 9.17) is 5.11 Å². The fourth-order valence-electron chi connectivity index (χ4n) is 0.631. The molecule has 54 valence electrons. The molecule has 0 aromatic carbocycles. The van der Waals surface area contributed by atoms with Crippen molar-refractivity contribution in [2.45, 2.75) is 6.42 Å². The predicted octanol–water partition coefficient (Wildman–Crippen LogP) is -0.558. The average Bonchev–Trinajstić information content (AvgIpc) is 2.13. The molecule has 0 aliphatic heterocycles. The van der Waals surface area contributed by atoms with Gasteiger partial charge in [-0.1, -0.05) is 5.21 Å². The van der Waals surface area contributed by atoms with Gasteiger partial charge in [0.15, 0.2) is 0 Å². The molecule has 1 heterocycles. The van der Waals surface area contributed by atoms with Gasteiger partial charge in [-0.15, -0.1) is 5.10 Å². The number of aryl methyl sites for hydroxylation is 1. The first kappa shape index (κ1) is 6.73. The molecule has 0 radical (unpaired) electrons. The Balaban J connectivity index is 2.67. The molecule has 0 saturated heterocycles. The van der Waals surface area contributed by atoms with Crippen LogP contribution in [0.25, 0.3) is 0 Å². The van der Waals surface area contributed by atoms with Crippen LogP contribution in [0, 0.1) is 0 Å². The van der Waals surface area contributed by atoms with Gasteiger partial charge >= 0.3 is 5.97 Å². The summed E-state index contributed by atoms with van der Waals surface area (Å²) in [6.07, 6.45) is 1.52. The van der Waals surface area contributed by atoms with Gasteiger partial charge < -0.3 is 5.11 Å². The molecule has 0 fully saturated rings. The van der Waals surface area contributed by atoms with E-state index in [1.54, 1.807) is 13.2 Å². The van der Waals surface area contributed by atoms with Crippen LogP contribution in [0.1, 0.15) is 5.69 Å². The van der Waals surface area contributed by atoms with Crippen molar-refractivity contribution in [3.8, 4) is 0 Å². The van der Waals surface area contributed by atoms with E-state index < -0.39 is 5.97 Å². The Hall–Kier alpha value is -1.39. The van der Waals surface area contributed by atoms with Crippen LogP contribution in [0.2, 0.25) is 0 Å². The molecule has 0 atom stereocenters. The molecule has 5 nitrogen and oxygen atoms in total. The molecule has 0 aliphatic rings. The maximum atomic E-state index is 10.1. The van der Waals surface area contributed by atoms with Crippen LogP contribution >= 0.6 is 0 Å². The summed E-state index contributed by atoms with van der Waals surface area (Å²) in [5.74, 6) is -0.888. The van der Waals surface area contributed by atoms with Crippen molar-refractivity contribution in [1.29, 1.82) is 0 Å². The van der Waals surface area contributed by atoms with Crippen molar-refractivity contribution in [2.75, 3.05) is 0 Å². The molecule has 1 N–H and O–H groups in total. The first-order chi connectivity index (χ1) is 4.68. The lowest BCUT2D eigenvalue weighted by molar-refractivity contribution is -0.136. The molecule has 1 aromatic heterocycles. The monoisotopic (exact) mass is 141 g/mol. The Morgan fingerprint density at radius 1 is 1.90 bits per heavy atom. The molecule has 0 aliphatic carbocycles. The summed E-state index contributed by atoms with van der Waals surface area (Å²) in [6, 6.07) is 0. The lowest BCUT2D eigenvalue weighted by atomic mass is 10.3. The van der Waals surface area contributed by atoms with Crippen molar-refractivity contribution in [1.82, 2.24) is 15.0 Å². The topological polar surface area (TPSA) is 68.0 Å². The number of aliphatic carboxylic acids is 1. The smallest absolute Gasteiger partial charge is 0.309 e. The van der Waals surface area contributed by atoms with E-state index in [9.17, 15) is 4.79 Å². The highest BCUT2D eigenvalue weighted by Crippen LogP contribution is 1.91. The summed E-state index contributed by atoms with van der Waals surface area (Å²) in [6.45, 7) is 0. The maximum Gasteiger partial charge on any atom is 0.309 e. The van der Waals surface area contributed by atoms with Gasteiger partial charge in [0, 0.05) is 13.2 Å². The molecular weight excluding hydrogens is 134 g/mol. The Kier molecular flexibility index (Phi) is 1.66. The van der Waals surface area contributed by atoms with Gasteiger partial charge in [-0.25, -0.2) is 0 Å². The number of carboxylic acid groups (broad SMARTS) is 1. The SMILES string of the molecule is Cn1cc(CC(=O)O)nn1. The van der Waals surface area contributed by atoms with Crippen molar-refractivity contribution in [3.05, 3.63) is 11.9 Å². The quantitative estimate of drug-likeness (QED) is 0.599. The Morgan fingerprint density at radius 2 is 2.60 bits per heavy atom. The molecule has 0 bridgehead atoms. The predicted molar refractivity (Wildman–Crippen MR) is 32.3 cm³/mol. The normalized spacial score (nSPS) is 9.70. The zero-order chi connectivity index (χ0) is 7.56. The number of hydrogen-bond acceptors (Lipinski definition) is 3. The summed E-state index contributed by atoms with van der Waals surface area (Å²) < 4.78 is 1.47. The summed E-state index contributed by atoms with van der Waals surface area (Å²) >= 11 is 0. The molecule has 5 heteroatoms. The molecule has 0 unspecified atom stereocenters. The van der Waals surface area contributed by atoms with Gasteiger partial charge in [-0.3, -0.25) is 9.48 Å². The first-order valence-electron chi connectivity index (χ1n) is 2.75. The van der Waals surface area contributed by atoms with Crippen LogP contribution in [0.15, 0.2) is 6.20 Å². The third-order valence-corrected chi connectivity index (χ3v) is 0.982. The van der Waals surface area contributed by atoms with Crippen LogP contribution < -0.4 is 0 Å². The Labute approximate surface area is 57.3 Å². The van der Waals surface area contributed by atoms with Crippen LogP contribution in [0.4, 0.5) is 0 Å². The summed E-state index contributed by atoms with van der Waals surface area (Å²) in [4.78, 5) is 10.1. The fraction of sp³-hybridized carbons (Fsp3) is 0.400.